The van der Waals surface area contributed by atoms with Crippen LogP contribution in [-0.2, 0) is 16.1 Å². The molecule has 4 rings (SSSR count). The summed E-state index contributed by atoms with van der Waals surface area (Å²) in [4.78, 5) is 18.5. The van der Waals surface area contributed by atoms with Crippen molar-refractivity contribution < 1.29 is 14.6 Å². The molecule has 2 aromatic rings. The number of fused-ring (bicyclic) bond motifs is 1. The fourth-order valence-electron chi connectivity index (χ4n) is 4.81. The standard InChI is InChI=1S/C21H30N4O3/c1-16(26)23-20(2)9-14-28-21(19(20)27)7-10-24(11-8-21)12-13-25-15-22-17-5-3-4-6-18(17)25/h3-6,15,19,27H,7-14H2,1-2H3,(H,23,26)/t19-,20+/m1/s1. The Morgan fingerprint density at radius 2 is 2.04 bits per heavy atom. The van der Waals surface area contributed by atoms with Crippen molar-refractivity contribution in [2.24, 2.45) is 0 Å². The van der Waals surface area contributed by atoms with Gasteiger partial charge in [0.05, 0.1) is 28.5 Å². The molecule has 1 spiro atoms. The number of nitrogens with zero attached hydrogens (tertiary/aromatic N) is 3. The van der Waals surface area contributed by atoms with Gasteiger partial charge in [-0.2, -0.15) is 0 Å². The van der Waals surface area contributed by atoms with E-state index in [2.05, 4.69) is 25.8 Å². The Morgan fingerprint density at radius 3 is 2.79 bits per heavy atom. The summed E-state index contributed by atoms with van der Waals surface area (Å²) < 4.78 is 8.30. The highest BCUT2D eigenvalue weighted by atomic mass is 16.5. The van der Waals surface area contributed by atoms with Crippen LogP contribution in [0.25, 0.3) is 11.0 Å². The Hall–Kier alpha value is -1.96. The second kappa shape index (κ2) is 7.46. The van der Waals surface area contributed by atoms with Crippen LogP contribution in [-0.4, -0.2) is 68.9 Å². The number of benzene rings is 1. The van der Waals surface area contributed by atoms with Crippen molar-refractivity contribution in [1.29, 1.82) is 0 Å². The maximum atomic E-state index is 11.6. The van der Waals surface area contributed by atoms with E-state index in [1.165, 1.54) is 6.92 Å². The second-order valence-corrected chi connectivity index (χ2v) is 8.43. The monoisotopic (exact) mass is 386 g/mol. The number of imidazole rings is 1. The third-order valence-corrected chi connectivity index (χ3v) is 6.46. The molecule has 2 aliphatic heterocycles. The number of piperidine rings is 1. The molecule has 3 heterocycles. The molecule has 0 saturated carbocycles. The number of aromatic nitrogens is 2. The van der Waals surface area contributed by atoms with Gasteiger partial charge in [0.15, 0.2) is 0 Å². The van der Waals surface area contributed by atoms with Crippen molar-refractivity contribution in [3.8, 4) is 0 Å². The van der Waals surface area contributed by atoms with E-state index in [4.69, 9.17) is 4.74 Å². The molecule has 28 heavy (non-hydrogen) atoms. The van der Waals surface area contributed by atoms with Crippen LogP contribution in [0.15, 0.2) is 30.6 Å². The minimum Gasteiger partial charge on any atom is -0.388 e. The molecule has 0 bridgehead atoms. The van der Waals surface area contributed by atoms with Crippen LogP contribution in [0.3, 0.4) is 0 Å². The quantitative estimate of drug-likeness (QED) is 0.833. The van der Waals surface area contributed by atoms with Crippen molar-refractivity contribution in [2.45, 2.75) is 56.9 Å². The normalized spacial score (nSPS) is 27.9. The summed E-state index contributed by atoms with van der Waals surface area (Å²) in [7, 11) is 0. The van der Waals surface area contributed by atoms with Crippen molar-refractivity contribution in [1.82, 2.24) is 19.8 Å². The molecule has 0 radical (unpaired) electrons. The number of hydrogen-bond donors (Lipinski definition) is 2. The van der Waals surface area contributed by atoms with Crippen molar-refractivity contribution in [3.05, 3.63) is 30.6 Å². The molecule has 7 heteroatoms. The van der Waals surface area contributed by atoms with Gasteiger partial charge in [-0.15, -0.1) is 0 Å². The highest BCUT2D eigenvalue weighted by Gasteiger charge is 2.53. The number of hydrogen-bond acceptors (Lipinski definition) is 5. The Bertz CT molecular complexity index is 843. The van der Waals surface area contributed by atoms with Crippen LogP contribution >= 0.6 is 0 Å². The second-order valence-electron chi connectivity index (χ2n) is 8.43. The number of aliphatic hydroxyl groups excluding tert-OH is 1. The number of rotatable bonds is 4. The van der Waals surface area contributed by atoms with Gasteiger partial charge in [-0.05, 0) is 38.3 Å². The molecule has 0 aliphatic carbocycles. The molecule has 2 N–H and O–H groups in total. The van der Waals surface area contributed by atoms with Crippen LogP contribution in [0, 0.1) is 0 Å². The van der Waals surface area contributed by atoms with E-state index in [9.17, 15) is 9.90 Å². The number of likely N-dealkylation sites (tertiary alicyclic amines) is 1. The first kappa shape index (κ1) is 19.4. The lowest BCUT2D eigenvalue weighted by atomic mass is 9.73. The zero-order valence-electron chi connectivity index (χ0n) is 16.7. The van der Waals surface area contributed by atoms with Crippen molar-refractivity contribution in [2.75, 3.05) is 26.2 Å². The molecular weight excluding hydrogens is 356 g/mol. The van der Waals surface area contributed by atoms with E-state index in [1.807, 2.05) is 31.5 Å². The first-order valence-corrected chi connectivity index (χ1v) is 10.1. The largest absolute Gasteiger partial charge is 0.388 e. The molecule has 2 saturated heterocycles. The van der Waals surface area contributed by atoms with Gasteiger partial charge in [0.25, 0.3) is 0 Å². The lowest BCUT2D eigenvalue weighted by Gasteiger charge is -2.53. The number of para-hydroxylation sites is 2. The molecule has 2 atom stereocenters. The maximum Gasteiger partial charge on any atom is 0.217 e. The van der Waals surface area contributed by atoms with E-state index in [0.717, 1.165) is 50.1 Å². The molecule has 0 unspecified atom stereocenters. The minimum atomic E-state index is -0.697. The SMILES string of the molecule is CC(=O)N[C@@]1(C)CCOC2(CCN(CCn3cnc4ccccc43)CC2)[C@@H]1O. The Morgan fingerprint density at radius 1 is 1.29 bits per heavy atom. The van der Waals surface area contributed by atoms with E-state index in [-0.39, 0.29) is 5.91 Å². The van der Waals surface area contributed by atoms with Crippen LogP contribution in [0.2, 0.25) is 0 Å². The van der Waals surface area contributed by atoms with Crippen molar-refractivity contribution >= 4 is 16.9 Å². The summed E-state index contributed by atoms with van der Waals surface area (Å²) in [6.45, 7) is 7.58. The van der Waals surface area contributed by atoms with E-state index >= 15 is 0 Å². The summed E-state index contributed by atoms with van der Waals surface area (Å²) in [5.74, 6) is -0.108. The Balaban J connectivity index is 1.37. The van der Waals surface area contributed by atoms with Gasteiger partial charge in [-0.25, -0.2) is 4.98 Å². The van der Waals surface area contributed by atoms with Gasteiger partial charge < -0.3 is 24.6 Å². The molecular formula is C21H30N4O3. The van der Waals surface area contributed by atoms with E-state index in [1.54, 1.807) is 0 Å². The fraction of sp³-hybridized carbons (Fsp3) is 0.619. The van der Waals surface area contributed by atoms with Gasteiger partial charge in [0.1, 0.15) is 6.10 Å². The smallest absolute Gasteiger partial charge is 0.217 e. The minimum absolute atomic E-state index is 0.108. The molecule has 7 nitrogen and oxygen atoms in total. The van der Waals surface area contributed by atoms with Crippen LogP contribution in [0.4, 0.5) is 0 Å². The number of nitrogens with one attached hydrogen (secondary N) is 1. The average molecular weight is 386 g/mol. The first-order valence-electron chi connectivity index (χ1n) is 10.1. The van der Waals surface area contributed by atoms with Gasteiger partial charge in [0, 0.05) is 39.7 Å². The predicted octanol–water partition coefficient (Wildman–Crippen LogP) is 1.55. The fourth-order valence-corrected chi connectivity index (χ4v) is 4.81. The number of amides is 1. The summed E-state index contributed by atoms with van der Waals surface area (Å²) in [6.07, 6.45) is 3.38. The molecule has 1 aromatic heterocycles. The topological polar surface area (TPSA) is 79.6 Å². The third kappa shape index (κ3) is 3.54. The van der Waals surface area contributed by atoms with Gasteiger partial charge >= 0.3 is 0 Å². The zero-order chi connectivity index (χ0) is 19.8. The average Bonchev–Trinajstić information content (AvgIpc) is 3.08. The summed E-state index contributed by atoms with van der Waals surface area (Å²) >= 11 is 0. The number of carbonyl (C=O) groups is 1. The molecule has 2 fully saturated rings. The summed E-state index contributed by atoms with van der Waals surface area (Å²) in [6, 6.07) is 8.18. The first-order chi connectivity index (χ1) is 13.4. The number of ether oxygens (including phenoxy) is 1. The lowest BCUT2D eigenvalue weighted by molar-refractivity contribution is -0.207. The molecule has 1 amide bonds. The van der Waals surface area contributed by atoms with Gasteiger partial charge in [0.2, 0.25) is 5.91 Å². The number of carbonyl (C=O) groups excluding carboxylic acids is 1. The van der Waals surface area contributed by atoms with Crippen LogP contribution in [0.5, 0.6) is 0 Å². The summed E-state index contributed by atoms with van der Waals surface area (Å²) in [5.41, 5.74) is 1.000. The molecule has 2 aliphatic rings. The Kier molecular flexibility index (Phi) is 5.16. The third-order valence-electron chi connectivity index (χ3n) is 6.46. The van der Waals surface area contributed by atoms with Crippen LogP contribution < -0.4 is 5.32 Å². The van der Waals surface area contributed by atoms with E-state index < -0.39 is 17.2 Å². The van der Waals surface area contributed by atoms with Gasteiger partial charge in [-0.3, -0.25) is 4.79 Å². The zero-order valence-corrected chi connectivity index (χ0v) is 16.7. The molecule has 1 aromatic carbocycles. The highest BCUT2D eigenvalue weighted by Crippen LogP contribution is 2.39. The molecule has 152 valence electrons. The summed E-state index contributed by atoms with van der Waals surface area (Å²) in [5, 5.41) is 14.0. The number of aliphatic hydroxyl groups is 1. The Labute approximate surface area is 165 Å². The van der Waals surface area contributed by atoms with Crippen LogP contribution in [0.1, 0.15) is 33.1 Å². The lowest BCUT2D eigenvalue weighted by Crippen LogP contribution is -2.69. The van der Waals surface area contributed by atoms with E-state index in [0.29, 0.717) is 13.0 Å². The highest BCUT2D eigenvalue weighted by molar-refractivity contribution is 5.75. The van der Waals surface area contributed by atoms with Gasteiger partial charge in [-0.1, -0.05) is 12.1 Å². The maximum absolute atomic E-state index is 11.6. The van der Waals surface area contributed by atoms with Crippen molar-refractivity contribution in [3.63, 3.8) is 0 Å². The predicted molar refractivity (Wildman–Crippen MR) is 107 cm³/mol.